The number of anilines is 1. The number of hydrogen-bond donors (Lipinski definition) is 1. The maximum atomic E-state index is 3.57. The molecule has 1 N–H and O–H groups in total. The molecule has 1 atom stereocenters. The monoisotopic (exact) mass is 325 g/mol. The highest BCUT2D eigenvalue weighted by Crippen LogP contribution is 2.28. The van der Waals surface area contributed by atoms with E-state index in [1.807, 2.05) is 36.4 Å². The lowest BCUT2D eigenvalue weighted by Crippen LogP contribution is -2.32. The van der Waals surface area contributed by atoms with Gasteiger partial charge in [0, 0.05) is 17.8 Å². The van der Waals surface area contributed by atoms with Crippen LogP contribution in [0.25, 0.3) is 0 Å². The molecule has 3 aromatic carbocycles. The molecular weight excluding hydrogens is 302 g/mol. The van der Waals surface area contributed by atoms with Crippen molar-refractivity contribution < 1.29 is 0 Å². The van der Waals surface area contributed by atoms with Gasteiger partial charge in [-0.2, -0.15) is 0 Å². The summed E-state index contributed by atoms with van der Waals surface area (Å²) in [6, 6.07) is 31.1. The fourth-order valence-electron chi connectivity index (χ4n) is 2.92. The first-order valence-electron chi connectivity index (χ1n) is 8.75. The van der Waals surface area contributed by atoms with Crippen LogP contribution in [0.5, 0.6) is 0 Å². The van der Waals surface area contributed by atoms with Crippen molar-refractivity contribution in [3.8, 4) is 11.8 Å². The molecule has 0 aliphatic rings. The van der Waals surface area contributed by atoms with E-state index >= 15 is 0 Å². The number of rotatable bonds is 5. The predicted octanol–water partition coefficient (Wildman–Crippen LogP) is 5.50. The molecule has 1 nitrogen and oxygen atoms in total. The van der Waals surface area contributed by atoms with Crippen LogP contribution in [0.1, 0.15) is 24.5 Å². The van der Waals surface area contributed by atoms with Crippen molar-refractivity contribution in [1.82, 2.24) is 0 Å². The van der Waals surface area contributed by atoms with Gasteiger partial charge in [0.05, 0.1) is 5.41 Å². The highest BCUT2D eigenvalue weighted by atomic mass is 14.9. The minimum Gasteiger partial charge on any atom is -0.383 e. The second kappa shape index (κ2) is 8.22. The Bertz CT molecular complexity index is 829. The van der Waals surface area contributed by atoms with Gasteiger partial charge in [0.1, 0.15) is 0 Å². The molecule has 25 heavy (non-hydrogen) atoms. The van der Waals surface area contributed by atoms with Crippen molar-refractivity contribution in [2.45, 2.75) is 18.8 Å². The van der Waals surface area contributed by atoms with Crippen molar-refractivity contribution in [3.05, 3.63) is 102 Å². The number of nitrogens with one attached hydrogen (secondary N) is 1. The first-order valence-corrected chi connectivity index (χ1v) is 8.75. The maximum Gasteiger partial charge on any atom is 0.0735 e. The molecule has 124 valence electrons. The van der Waals surface area contributed by atoms with Gasteiger partial charge in [-0.25, -0.2) is 0 Å². The summed E-state index contributed by atoms with van der Waals surface area (Å²) in [5, 5.41) is 3.57. The molecule has 0 aliphatic heterocycles. The second-order valence-electron chi connectivity index (χ2n) is 6.14. The second-order valence-corrected chi connectivity index (χ2v) is 6.14. The van der Waals surface area contributed by atoms with Crippen LogP contribution in [0.15, 0.2) is 91.0 Å². The van der Waals surface area contributed by atoms with Crippen LogP contribution in [-0.4, -0.2) is 6.54 Å². The van der Waals surface area contributed by atoms with Gasteiger partial charge in [0.2, 0.25) is 0 Å². The Kier molecular flexibility index (Phi) is 5.54. The van der Waals surface area contributed by atoms with E-state index < -0.39 is 0 Å². The van der Waals surface area contributed by atoms with Crippen LogP contribution in [0.3, 0.4) is 0 Å². The highest BCUT2D eigenvalue weighted by Gasteiger charge is 2.28. The highest BCUT2D eigenvalue weighted by molar-refractivity contribution is 5.47. The zero-order valence-corrected chi connectivity index (χ0v) is 14.6. The van der Waals surface area contributed by atoms with Crippen molar-refractivity contribution >= 4 is 5.69 Å². The van der Waals surface area contributed by atoms with Gasteiger partial charge in [0.15, 0.2) is 0 Å². The molecule has 0 unspecified atom stereocenters. The molecule has 3 rings (SSSR count). The van der Waals surface area contributed by atoms with Crippen LogP contribution in [0.4, 0.5) is 5.69 Å². The lowest BCUT2D eigenvalue weighted by atomic mass is 9.78. The van der Waals surface area contributed by atoms with Crippen LogP contribution >= 0.6 is 0 Å². The maximum absolute atomic E-state index is 3.57. The van der Waals surface area contributed by atoms with Crippen molar-refractivity contribution in [2.75, 3.05) is 11.9 Å². The summed E-state index contributed by atoms with van der Waals surface area (Å²) in [5.74, 6) is 6.95. The van der Waals surface area contributed by atoms with E-state index in [1.165, 1.54) is 5.56 Å². The third kappa shape index (κ3) is 4.31. The van der Waals surface area contributed by atoms with E-state index in [9.17, 15) is 0 Å². The van der Waals surface area contributed by atoms with Gasteiger partial charge in [-0.15, -0.1) is 0 Å². The standard InChI is InChI=1S/C24H23N/c1-2-24(22-14-8-4-9-15-22,19-18-21-12-6-3-7-13-21)20-25-23-16-10-5-11-17-23/h3-17,25H,2,20H2,1H3/t24-/m0/s1. The third-order valence-corrected chi connectivity index (χ3v) is 4.52. The average molecular weight is 325 g/mol. The van der Waals surface area contributed by atoms with E-state index in [-0.39, 0.29) is 5.41 Å². The average Bonchev–Trinajstić information content (AvgIpc) is 2.71. The lowest BCUT2D eigenvalue weighted by molar-refractivity contribution is 0.565. The van der Waals surface area contributed by atoms with Gasteiger partial charge in [-0.3, -0.25) is 0 Å². The summed E-state index contributed by atoms with van der Waals surface area (Å²) in [4.78, 5) is 0. The Morgan fingerprint density at radius 3 is 1.92 bits per heavy atom. The molecule has 0 heterocycles. The van der Waals surface area contributed by atoms with E-state index in [0.29, 0.717) is 0 Å². The van der Waals surface area contributed by atoms with Gasteiger partial charge in [-0.1, -0.05) is 85.5 Å². The molecule has 0 radical (unpaired) electrons. The Balaban J connectivity index is 1.94. The molecule has 3 aromatic rings. The molecule has 1 heteroatoms. The van der Waals surface area contributed by atoms with E-state index in [2.05, 4.69) is 78.7 Å². The normalized spacial score (nSPS) is 12.5. The Hall–Kier alpha value is -2.98. The molecule has 0 amide bonds. The fourth-order valence-corrected chi connectivity index (χ4v) is 2.92. The Morgan fingerprint density at radius 1 is 0.760 bits per heavy atom. The minimum atomic E-state index is -0.229. The van der Waals surface area contributed by atoms with Crippen molar-refractivity contribution in [1.29, 1.82) is 0 Å². The van der Waals surface area contributed by atoms with Crippen LogP contribution < -0.4 is 5.32 Å². The Labute approximate surface area is 150 Å². The van der Waals surface area contributed by atoms with Gasteiger partial charge < -0.3 is 5.32 Å². The summed E-state index contributed by atoms with van der Waals surface area (Å²) >= 11 is 0. The first kappa shape index (κ1) is 16.9. The van der Waals surface area contributed by atoms with Crippen LogP contribution in [-0.2, 0) is 5.41 Å². The number of benzene rings is 3. The minimum absolute atomic E-state index is 0.229. The topological polar surface area (TPSA) is 12.0 Å². The summed E-state index contributed by atoms with van der Waals surface area (Å²) in [7, 11) is 0. The third-order valence-electron chi connectivity index (χ3n) is 4.52. The van der Waals surface area contributed by atoms with Crippen LogP contribution in [0.2, 0.25) is 0 Å². The summed E-state index contributed by atoms with van der Waals surface area (Å²) in [6.45, 7) is 2.98. The lowest BCUT2D eigenvalue weighted by Gasteiger charge is -2.29. The van der Waals surface area contributed by atoms with Gasteiger partial charge in [0.25, 0.3) is 0 Å². The fraction of sp³-hybridized carbons (Fsp3) is 0.167. The molecule has 0 fully saturated rings. The zero-order chi connectivity index (χ0) is 17.4. The molecule has 0 saturated heterocycles. The summed E-state index contributed by atoms with van der Waals surface area (Å²) < 4.78 is 0. The van der Waals surface area contributed by atoms with Crippen LogP contribution in [0, 0.1) is 11.8 Å². The molecule has 0 spiro atoms. The quantitative estimate of drug-likeness (QED) is 0.611. The molecule has 0 aromatic heterocycles. The largest absolute Gasteiger partial charge is 0.383 e. The molecule has 0 bridgehead atoms. The summed E-state index contributed by atoms with van der Waals surface area (Å²) in [5.41, 5.74) is 3.20. The molecular formula is C24H23N. The molecule has 0 aliphatic carbocycles. The SMILES string of the molecule is CC[C@](C#Cc1ccccc1)(CNc1ccccc1)c1ccccc1. The zero-order valence-electron chi connectivity index (χ0n) is 14.6. The molecule has 0 saturated carbocycles. The number of hydrogen-bond acceptors (Lipinski definition) is 1. The predicted molar refractivity (Wildman–Crippen MR) is 107 cm³/mol. The van der Waals surface area contributed by atoms with E-state index in [4.69, 9.17) is 0 Å². The van der Waals surface area contributed by atoms with Gasteiger partial charge in [-0.05, 0) is 36.2 Å². The van der Waals surface area contributed by atoms with Crippen molar-refractivity contribution in [3.63, 3.8) is 0 Å². The van der Waals surface area contributed by atoms with E-state index in [1.54, 1.807) is 0 Å². The van der Waals surface area contributed by atoms with E-state index in [0.717, 1.165) is 24.2 Å². The smallest absolute Gasteiger partial charge is 0.0735 e. The number of para-hydroxylation sites is 1. The van der Waals surface area contributed by atoms with Crippen molar-refractivity contribution in [2.24, 2.45) is 0 Å². The summed E-state index contributed by atoms with van der Waals surface area (Å²) in [6.07, 6.45) is 0.941. The Morgan fingerprint density at radius 2 is 1.32 bits per heavy atom. The van der Waals surface area contributed by atoms with Gasteiger partial charge >= 0.3 is 0 Å². The first-order chi connectivity index (χ1) is 12.3.